The molecule has 84 valence electrons. The molecule has 0 aliphatic heterocycles. The Morgan fingerprint density at radius 1 is 1.47 bits per heavy atom. The first-order valence-corrected chi connectivity index (χ1v) is 6.78. The molecule has 0 aliphatic rings. The van der Waals surface area contributed by atoms with E-state index in [0.29, 0.717) is 10.6 Å². The zero-order chi connectivity index (χ0) is 11.5. The van der Waals surface area contributed by atoms with Crippen LogP contribution in [0.25, 0.3) is 0 Å². The molecule has 1 aromatic rings. The number of hydrogen-bond acceptors (Lipinski definition) is 3. The maximum absolute atomic E-state index is 11.3. The Morgan fingerprint density at radius 3 is 2.67 bits per heavy atom. The molecule has 0 spiro atoms. The number of rotatable bonds is 4. The molecule has 0 unspecified atom stereocenters. The summed E-state index contributed by atoms with van der Waals surface area (Å²) in [6.45, 7) is 1.56. The van der Waals surface area contributed by atoms with Crippen molar-refractivity contribution in [2.75, 3.05) is 11.5 Å². The zero-order valence-corrected chi connectivity index (χ0v) is 9.92. The Hall–Kier alpha value is -0.580. The van der Waals surface area contributed by atoms with Crippen LogP contribution in [0, 0.1) is 0 Å². The van der Waals surface area contributed by atoms with Gasteiger partial charge in [0.15, 0.2) is 9.84 Å². The summed E-state index contributed by atoms with van der Waals surface area (Å²) in [6, 6.07) is 6.57. The van der Waals surface area contributed by atoms with Gasteiger partial charge >= 0.3 is 0 Å². The van der Waals surface area contributed by atoms with E-state index in [4.69, 9.17) is 11.6 Å². The van der Waals surface area contributed by atoms with E-state index in [1.165, 1.54) is 0 Å². The molecule has 0 aliphatic carbocycles. The second-order valence-corrected chi connectivity index (χ2v) is 6.10. The first-order valence-electron chi connectivity index (χ1n) is 4.58. The van der Waals surface area contributed by atoms with E-state index in [2.05, 4.69) is 0 Å². The third-order valence-electron chi connectivity index (χ3n) is 2.09. The van der Waals surface area contributed by atoms with Gasteiger partial charge in [0, 0.05) is 10.8 Å². The smallest absolute Gasteiger partial charge is 0.152 e. The molecule has 3 nitrogen and oxygen atoms in total. The van der Waals surface area contributed by atoms with E-state index in [1.54, 1.807) is 31.2 Å². The topological polar surface area (TPSA) is 54.4 Å². The van der Waals surface area contributed by atoms with Crippen LogP contribution in [0.5, 0.6) is 0 Å². The van der Waals surface area contributed by atoms with Gasteiger partial charge in [-0.15, -0.1) is 0 Å². The molecule has 0 heterocycles. The van der Waals surface area contributed by atoms with Gasteiger partial charge in [-0.1, -0.05) is 30.7 Å². The standard InChI is InChI=1S/C10H13ClO3S/c1-2-15(13,14)7-10(12)8-4-3-5-9(11)6-8/h3-6,10,12H,2,7H2,1H3/t10-/m0/s1. The summed E-state index contributed by atoms with van der Waals surface area (Å²) >= 11 is 5.73. The largest absolute Gasteiger partial charge is 0.387 e. The van der Waals surface area contributed by atoms with Crippen molar-refractivity contribution in [3.05, 3.63) is 34.9 Å². The monoisotopic (exact) mass is 248 g/mol. The van der Waals surface area contributed by atoms with Gasteiger partial charge in [-0.05, 0) is 17.7 Å². The number of aliphatic hydroxyl groups is 1. The average Bonchev–Trinajstić information content (AvgIpc) is 2.17. The second-order valence-electron chi connectivity index (χ2n) is 3.27. The molecule has 1 aromatic carbocycles. The highest BCUT2D eigenvalue weighted by Crippen LogP contribution is 2.19. The lowest BCUT2D eigenvalue weighted by atomic mass is 10.1. The number of aliphatic hydroxyl groups excluding tert-OH is 1. The van der Waals surface area contributed by atoms with Crippen LogP contribution in [0.3, 0.4) is 0 Å². The van der Waals surface area contributed by atoms with Gasteiger partial charge < -0.3 is 5.11 Å². The van der Waals surface area contributed by atoms with E-state index >= 15 is 0 Å². The summed E-state index contributed by atoms with van der Waals surface area (Å²) in [6.07, 6.45) is -1.01. The van der Waals surface area contributed by atoms with Crippen LogP contribution in [0.15, 0.2) is 24.3 Å². The number of benzene rings is 1. The lowest BCUT2D eigenvalue weighted by molar-refractivity contribution is 0.201. The first kappa shape index (κ1) is 12.5. The van der Waals surface area contributed by atoms with Gasteiger partial charge in [0.05, 0.1) is 11.9 Å². The lowest BCUT2D eigenvalue weighted by Gasteiger charge is -2.10. The molecule has 5 heteroatoms. The molecular formula is C10H13ClO3S. The van der Waals surface area contributed by atoms with Crippen LogP contribution < -0.4 is 0 Å². The number of halogens is 1. The second kappa shape index (κ2) is 4.96. The Kier molecular flexibility index (Phi) is 4.13. The molecule has 1 rings (SSSR count). The van der Waals surface area contributed by atoms with Crippen molar-refractivity contribution in [2.24, 2.45) is 0 Å². The van der Waals surface area contributed by atoms with Crippen molar-refractivity contribution >= 4 is 21.4 Å². The summed E-state index contributed by atoms with van der Waals surface area (Å²) in [5, 5.41) is 10.2. The summed E-state index contributed by atoms with van der Waals surface area (Å²) in [5.41, 5.74) is 0.527. The van der Waals surface area contributed by atoms with Gasteiger partial charge in [0.2, 0.25) is 0 Å². The van der Waals surface area contributed by atoms with E-state index in [-0.39, 0.29) is 11.5 Å². The van der Waals surface area contributed by atoms with Crippen LogP contribution in [0.2, 0.25) is 5.02 Å². The summed E-state index contributed by atoms with van der Waals surface area (Å²) < 4.78 is 22.5. The van der Waals surface area contributed by atoms with Gasteiger partial charge in [-0.3, -0.25) is 0 Å². The molecule has 15 heavy (non-hydrogen) atoms. The Labute approximate surface area is 94.6 Å². The molecule has 0 saturated carbocycles. The maximum Gasteiger partial charge on any atom is 0.152 e. The van der Waals surface area contributed by atoms with Crippen molar-refractivity contribution in [1.82, 2.24) is 0 Å². The van der Waals surface area contributed by atoms with Crippen molar-refractivity contribution in [3.63, 3.8) is 0 Å². The molecular weight excluding hydrogens is 236 g/mol. The molecule has 0 fully saturated rings. The molecule has 0 bridgehead atoms. The molecule has 1 N–H and O–H groups in total. The van der Waals surface area contributed by atoms with Crippen LogP contribution in [-0.4, -0.2) is 25.0 Å². The van der Waals surface area contributed by atoms with E-state index in [1.807, 2.05) is 0 Å². The quantitative estimate of drug-likeness (QED) is 0.884. The summed E-state index contributed by atoms with van der Waals surface area (Å²) in [5.74, 6) is -0.228. The van der Waals surface area contributed by atoms with Crippen LogP contribution in [0.4, 0.5) is 0 Å². The van der Waals surface area contributed by atoms with Gasteiger partial charge in [-0.2, -0.15) is 0 Å². The first-order chi connectivity index (χ1) is 6.94. The van der Waals surface area contributed by atoms with Crippen LogP contribution >= 0.6 is 11.6 Å². The highest BCUT2D eigenvalue weighted by molar-refractivity contribution is 7.91. The minimum atomic E-state index is -3.17. The zero-order valence-electron chi connectivity index (χ0n) is 8.35. The molecule has 0 radical (unpaired) electrons. The normalized spacial score (nSPS) is 13.8. The van der Waals surface area contributed by atoms with Crippen LogP contribution in [0.1, 0.15) is 18.6 Å². The predicted octanol–water partition coefficient (Wildman–Crippen LogP) is 1.81. The van der Waals surface area contributed by atoms with Crippen molar-refractivity contribution < 1.29 is 13.5 Å². The number of hydrogen-bond donors (Lipinski definition) is 1. The molecule has 0 amide bonds. The minimum Gasteiger partial charge on any atom is -0.387 e. The predicted molar refractivity (Wildman–Crippen MR) is 60.7 cm³/mol. The fourth-order valence-corrected chi connectivity index (χ4v) is 2.28. The van der Waals surface area contributed by atoms with Crippen molar-refractivity contribution in [1.29, 1.82) is 0 Å². The third kappa shape index (κ3) is 3.81. The van der Waals surface area contributed by atoms with E-state index in [0.717, 1.165) is 0 Å². The van der Waals surface area contributed by atoms with Crippen molar-refractivity contribution in [2.45, 2.75) is 13.0 Å². The lowest BCUT2D eigenvalue weighted by Crippen LogP contribution is -2.16. The molecule has 1 atom stereocenters. The fourth-order valence-electron chi connectivity index (χ4n) is 1.17. The van der Waals surface area contributed by atoms with E-state index < -0.39 is 15.9 Å². The Bertz CT molecular complexity index is 428. The summed E-state index contributed by atoms with van der Waals surface area (Å²) in [4.78, 5) is 0. The van der Waals surface area contributed by atoms with Gasteiger partial charge in [0.1, 0.15) is 0 Å². The summed E-state index contributed by atoms with van der Waals surface area (Å²) in [7, 11) is -3.17. The number of sulfone groups is 1. The average molecular weight is 249 g/mol. The Morgan fingerprint density at radius 2 is 2.13 bits per heavy atom. The molecule has 0 saturated heterocycles. The van der Waals surface area contributed by atoms with Gasteiger partial charge in [-0.25, -0.2) is 8.42 Å². The molecule has 0 aromatic heterocycles. The minimum absolute atomic E-state index is 0.0324. The SMILES string of the molecule is CCS(=O)(=O)C[C@H](O)c1cccc(Cl)c1. The van der Waals surface area contributed by atoms with Crippen LogP contribution in [-0.2, 0) is 9.84 Å². The maximum atomic E-state index is 11.3. The fraction of sp³-hybridized carbons (Fsp3) is 0.400. The Balaban J connectivity index is 2.82. The highest BCUT2D eigenvalue weighted by atomic mass is 35.5. The van der Waals surface area contributed by atoms with Gasteiger partial charge in [0.25, 0.3) is 0 Å². The highest BCUT2D eigenvalue weighted by Gasteiger charge is 2.16. The van der Waals surface area contributed by atoms with E-state index in [9.17, 15) is 13.5 Å². The third-order valence-corrected chi connectivity index (χ3v) is 4.02. The van der Waals surface area contributed by atoms with Crippen molar-refractivity contribution in [3.8, 4) is 0 Å².